The van der Waals surface area contributed by atoms with E-state index < -0.39 is 5.97 Å². The highest BCUT2D eigenvalue weighted by atomic mass is 35.5. The lowest BCUT2D eigenvalue weighted by Gasteiger charge is -1.99. The van der Waals surface area contributed by atoms with Gasteiger partial charge in [-0.25, -0.2) is 4.79 Å². The van der Waals surface area contributed by atoms with Gasteiger partial charge in [0.25, 0.3) is 0 Å². The van der Waals surface area contributed by atoms with Crippen LogP contribution in [0.2, 0.25) is 5.02 Å². The molecule has 0 saturated carbocycles. The number of carbonyl (C=O) groups is 1. The molecule has 0 aliphatic rings. The Labute approximate surface area is 83.9 Å². The average molecular weight is 214 g/mol. The number of carboxylic acids is 1. The number of carboxylic acid groups (broad SMARTS) is 1. The van der Waals surface area contributed by atoms with E-state index in [2.05, 4.69) is 0 Å². The van der Waals surface area contributed by atoms with E-state index in [1.165, 1.54) is 12.1 Å². The molecule has 0 radical (unpaired) electrons. The molecule has 3 nitrogen and oxygen atoms in total. The van der Waals surface area contributed by atoms with Crippen molar-refractivity contribution in [1.82, 2.24) is 0 Å². The second kappa shape index (κ2) is 4.17. The SMILES string of the molecule is N#CSc1ccc(C(=O)O)c(Cl)c1. The molecular weight excluding hydrogens is 210 g/mol. The van der Waals surface area contributed by atoms with Crippen molar-refractivity contribution in [3.63, 3.8) is 0 Å². The number of hydrogen-bond donors (Lipinski definition) is 1. The number of halogens is 1. The summed E-state index contributed by atoms with van der Waals surface area (Å²) >= 11 is 6.59. The molecule has 0 heterocycles. The van der Waals surface area contributed by atoms with Crippen LogP contribution >= 0.6 is 23.4 Å². The van der Waals surface area contributed by atoms with E-state index in [9.17, 15) is 4.79 Å². The van der Waals surface area contributed by atoms with Gasteiger partial charge in [0.1, 0.15) is 5.40 Å². The Morgan fingerprint density at radius 2 is 2.31 bits per heavy atom. The fourth-order valence-electron chi connectivity index (χ4n) is 0.785. The first-order valence-corrected chi connectivity index (χ1v) is 4.43. The fourth-order valence-corrected chi connectivity index (χ4v) is 1.53. The van der Waals surface area contributed by atoms with Crippen LogP contribution in [0.5, 0.6) is 0 Å². The monoisotopic (exact) mass is 213 g/mol. The first kappa shape index (κ1) is 9.90. The third-order valence-electron chi connectivity index (χ3n) is 1.33. The van der Waals surface area contributed by atoms with Gasteiger partial charge in [0.15, 0.2) is 0 Å². The van der Waals surface area contributed by atoms with Gasteiger partial charge in [0.2, 0.25) is 0 Å². The standard InChI is InChI=1S/C8H4ClNO2S/c9-7-3-5(13-4-10)1-2-6(7)8(11)12/h1-3H,(H,11,12). The smallest absolute Gasteiger partial charge is 0.337 e. The summed E-state index contributed by atoms with van der Waals surface area (Å²) in [5.41, 5.74) is 0.0453. The van der Waals surface area contributed by atoms with Crippen molar-refractivity contribution in [2.75, 3.05) is 0 Å². The minimum atomic E-state index is -1.07. The quantitative estimate of drug-likeness (QED) is 0.606. The molecular formula is C8H4ClNO2S. The molecule has 1 rings (SSSR count). The third-order valence-corrected chi connectivity index (χ3v) is 2.23. The number of nitriles is 1. The Kier molecular flexibility index (Phi) is 3.18. The van der Waals surface area contributed by atoms with Crippen LogP contribution in [0.25, 0.3) is 0 Å². The Balaban J connectivity index is 3.07. The molecule has 0 saturated heterocycles. The Hall–Kier alpha value is -1.18. The van der Waals surface area contributed by atoms with Gasteiger partial charge in [0, 0.05) is 4.90 Å². The van der Waals surface area contributed by atoms with E-state index >= 15 is 0 Å². The van der Waals surface area contributed by atoms with Crippen LogP contribution in [-0.2, 0) is 0 Å². The minimum Gasteiger partial charge on any atom is -0.478 e. The van der Waals surface area contributed by atoms with Crippen LogP contribution in [0, 0.1) is 10.7 Å². The lowest BCUT2D eigenvalue weighted by atomic mass is 10.2. The second-order valence-corrected chi connectivity index (χ2v) is 3.41. The number of aromatic carboxylic acids is 1. The largest absolute Gasteiger partial charge is 0.478 e. The summed E-state index contributed by atoms with van der Waals surface area (Å²) in [6.07, 6.45) is 0. The van der Waals surface area contributed by atoms with Gasteiger partial charge >= 0.3 is 5.97 Å². The van der Waals surface area contributed by atoms with Crippen LogP contribution < -0.4 is 0 Å². The van der Waals surface area contributed by atoms with E-state index in [-0.39, 0.29) is 10.6 Å². The molecule has 1 N–H and O–H groups in total. The number of benzene rings is 1. The van der Waals surface area contributed by atoms with E-state index in [1.54, 1.807) is 6.07 Å². The van der Waals surface area contributed by atoms with Gasteiger partial charge in [-0.1, -0.05) is 11.6 Å². The van der Waals surface area contributed by atoms with Crippen molar-refractivity contribution in [1.29, 1.82) is 5.26 Å². The predicted octanol–water partition coefficient (Wildman–Crippen LogP) is 2.61. The molecule has 5 heteroatoms. The summed E-state index contributed by atoms with van der Waals surface area (Å²) in [4.78, 5) is 11.2. The summed E-state index contributed by atoms with van der Waals surface area (Å²) in [7, 11) is 0. The Morgan fingerprint density at radius 3 is 2.77 bits per heavy atom. The number of thiocyanates is 1. The lowest BCUT2D eigenvalue weighted by molar-refractivity contribution is 0.0697. The van der Waals surface area contributed by atoms with Crippen LogP contribution in [-0.4, -0.2) is 11.1 Å². The molecule has 0 unspecified atom stereocenters. The van der Waals surface area contributed by atoms with Crippen molar-refractivity contribution >= 4 is 29.3 Å². The van der Waals surface area contributed by atoms with Crippen molar-refractivity contribution in [3.05, 3.63) is 28.8 Å². The van der Waals surface area contributed by atoms with Gasteiger partial charge < -0.3 is 5.11 Å². The zero-order valence-electron chi connectivity index (χ0n) is 6.32. The molecule has 0 aliphatic heterocycles. The summed E-state index contributed by atoms with van der Waals surface area (Å²) in [6.45, 7) is 0. The molecule has 0 atom stereocenters. The molecule has 1 aromatic carbocycles. The maximum absolute atomic E-state index is 10.5. The predicted molar refractivity (Wildman–Crippen MR) is 49.9 cm³/mol. The van der Waals surface area contributed by atoms with Crippen molar-refractivity contribution < 1.29 is 9.90 Å². The summed E-state index contributed by atoms with van der Waals surface area (Å²) in [5.74, 6) is -1.07. The van der Waals surface area contributed by atoms with Crippen LogP contribution in [0.4, 0.5) is 0 Å². The van der Waals surface area contributed by atoms with E-state index in [1.807, 2.05) is 5.40 Å². The number of rotatable bonds is 2. The first-order valence-electron chi connectivity index (χ1n) is 3.24. The molecule has 13 heavy (non-hydrogen) atoms. The Morgan fingerprint density at radius 1 is 1.62 bits per heavy atom. The van der Waals surface area contributed by atoms with E-state index in [4.69, 9.17) is 22.0 Å². The Bertz CT molecular complexity index is 386. The van der Waals surface area contributed by atoms with Crippen LogP contribution in [0.1, 0.15) is 10.4 Å². The maximum Gasteiger partial charge on any atom is 0.337 e. The highest BCUT2D eigenvalue weighted by Gasteiger charge is 2.08. The molecule has 0 amide bonds. The zero-order chi connectivity index (χ0) is 9.84. The number of nitrogens with zero attached hydrogens (tertiary/aromatic N) is 1. The van der Waals surface area contributed by atoms with E-state index in [0.29, 0.717) is 4.90 Å². The molecule has 1 aromatic rings. The lowest BCUT2D eigenvalue weighted by Crippen LogP contribution is -1.96. The van der Waals surface area contributed by atoms with Crippen LogP contribution in [0.3, 0.4) is 0 Å². The van der Waals surface area contributed by atoms with Gasteiger partial charge in [-0.3, -0.25) is 0 Å². The minimum absolute atomic E-state index is 0.0453. The third kappa shape index (κ3) is 2.38. The molecule has 66 valence electrons. The number of hydrogen-bond acceptors (Lipinski definition) is 3. The van der Waals surface area contributed by atoms with Gasteiger partial charge in [-0.2, -0.15) is 5.26 Å². The molecule has 0 bridgehead atoms. The number of thioether (sulfide) groups is 1. The second-order valence-electron chi connectivity index (χ2n) is 2.14. The van der Waals surface area contributed by atoms with Crippen molar-refractivity contribution in [2.24, 2.45) is 0 Å². The molecule has 0 spiro atoms. The first-order chi connectivity index (χ1) is 6.15. The van der Waals surface area contributed by atoms with Crippen LogP contribution in [0.15, 0.2) is 23.1 Å². The molecule has 0 fully saturated rings. The highest BCUT2D eigenvalue weighted by Crippen LogP contribution is 2.24. The molecule has 0 aromatic heterocycles. The van der Waals surface area contributed by atoms with Crippen molar-refractivity contribution in [2.45, 2.75) is 4.90 Å². The van der Waals surface area contributed by atoms with Gasteiger partial charge in [-0.05, 0) is 30.0 Å². The van der Waals surface area contributed by atoms with Crippen molar-refractivity contribution in [3.8, 4) is 5.40 Å². The molecule has 0 aliphatic carbocycles. The fraction of sp³-hybridized carbons (Fsp3) is 0. The average Bonchev–Trinajstić information content (AvgIpc) is 2.04. The summed E-state index contributed by atoms with van der Waals surface area (Å²) in [6, 6.07) is 4.38. The highest BCUT2D eigenvalue weighted by molar-refractivity contribution is 8.03. The van der Waals surface area contributed by atoms with Gasteiger partial charge in [-0.15, -0.1) is 0 Å². The van der Waals surface area contributed by atoms with E-state index in [0.717, 1.165) is 11.8 Å². The summed E-state index contributed by atoms with van der Waals surface area (Å²) in [5, 5.41) is 19.0. The maximum atomic E-state index is 10.5. The topological polar surface area (TPSA) is 61.1 Å². The summed E-state index contributed by atoms with van der Waals surface area (Å²) < 4.78 is 0. The zero-order valence-corrected chi connectivity index (χ0v) is 7.89. The normalized spacial score (nSPS) is 9.23. The van der Waals surface area contributed by atoms with Gasteiger partial charge in [0.05, 0.1) is 10.6 Å².